The lowest BCUT2D eigenvalue weighted by Gasteiger charge is -2.24. The summed E-state index contributed by atoms with van der Waals surface area (Å²) >= 11 is 0. The van der Waals surface area contributed by atoms with Crippen molar-refractivity contribution >= 4 is 0 Å². The molecule has 0 amide bonds. The van der Waals surface area contributed by atoms with E-state index in [1.807, 2.05) is 6.33 Å². The van der Waals surface area contributed by atoms with Crippen molar-refractivity contribution in [3.05, 3.63) is 18.2 Å². The molecule has 1 aromatic heterocycles. The van der Waals surface area contributed by atoms with E-state index in [1.165, 1.54) is 25.9 Å². The summed E-state index contributed by atoms with van der Waals surface area (Å²) in [4.78, 5) is 6.61. The van der Waals surface area contributed by atoms with Crippen LogP contribution in [0.4, 0.5) is 0 Å². The monoisotopic (exact) mass is 238 g/mol. The third kappa shape index (κ3) is 2.86. The maximum absolute atomic E-state index is 9.12. The summed E-state index contributed by atoms with van der Waals surface area (Å²) in [5.74, 6) is 0. The van der Waals surface area contributed by atoms with E-state index in [9.17, 15) is 0 Å². The smallest absolute Gasteiger partial charge is 0.0951 e. The Labute approximate surface area is 102 Å². The van der Waals surface area contributed by atoms with Crippen LogP contribution in [0, 0.1) is 0 Å². The van der Waals surface area contributed by atoms with Gasteiger partial charge in [-0.2, -0.15) is 0 Å². The fourth-order valence-electron chi connectivity index (χ4n) is 2.49. The first-order valence-corrected chi connectivity index (χ1v) is 6.33. The minimum Gasteiger partial charge on any atom is -0.394 e. The van der Waals surface area contributed by atoms with Crippen molar-refractivity contribution in [2.45, 2.75) is 31.8 Å². The lowest BCUT2D eigenvalue weighted by molar-refractivity contribution is 0.253. The van der Waals surface area contributed by atoms with E-state index in [0.717, 1.165) is 12.2 Å². The summed E-state index contributed by atoms with van der Waals surface area (Å²) in [5, 5.41) is 9.12. The molecule has 0 aliphatic carbocycles. The molecule has 2 rings (SSSR count). The van der Waals surface area contributed by atoms with Crippen LogP contribution in [0.1, 0.15) is 37.5 Å². The molecule has 0 spiro atoms. The van der Waals surface area contributed by atoms with Crippen LogP contribution in [-0.4, -0.2) is 45.8 Å². The van der Waals surface area contributed by atoms with Crippen LogP contribution in [0.3, 0.4) is 0 Å². The predicted molar refractivity (Wildman–Crippen MR) is 66.6 cm³/mol. The van der Waals surface area contributed by atoms with Crippen molar-refractivity contribution in [1.29, 1.82) is 0 Å². The normalized spacial score (nSPS) is 20.6. The molecule has 5 heteroatoms. The summed E-state index contributed by atoms with van der Waals surface area (Å²) in [6.07, 6.45) is 6.17. The Hall–Kier alpha value is -0.910. The molecule has 2 unspecified atom stereocenters. The number of hydrogen-bond donors (Lipinski definition) is 2. The maximum atomic E-state index is 9.12. The first-order chi connectivity index (χ1) is 8.22. The summed E-state index contributed by atoms with van der Waals surface area (Å²) < 4.78 is 2.08. The second-order valence-electron chi connectivity index (χ2n) is 4.87. The molecule has 3 N–H and O–H groups in total. The standard InChI is InChI=1S/C12H22N4O/c1-10(7-15-4-2-3-5-15)16-9-14-6-12(16)11(13)8-17/h6,9-11,17H,2-5,7-8,13H2,1H3. The van der Waals surface area contributed by atoms with Gasteiger partial charge < -0.3 is 20.3 Å². The molecule has 2 atom stereocenters. The fraction of sp³-hybridized carbons (Fsp3) is 0.750. The van der Waals surface area contributed by atoms with Gasteiger partial charge in [-0.1, -0.05) is 0 Å². The third-order valence-corrected chi connectivity index (χ3v) is 3.47. The molecular weight excluding hydrogens is 216 g/mol. The zero-order valence-electron chi connectivity index (χ0n) is 10.4. The van der Waals surface area contributed by atoms with E-state index in [2.05, 4.69) is 21.4 Å². The van der Waals surface area contributed by atoms with Gasteiger partial charge >= 0.3 is 0 Å². The zero-order valence-corrected chi connectivity index (χ0v) is 10.4. The molecule has 0 saturated carbocycles. The van der Waals surface area contributed by atoms with Crippen molar-refractivity contribution in [2.24, 2.45) is 5.73 Å². The Morgan fingerprint density at radius 3 is 2.82 bits per heavy atom. The van der Waals surface area contributed by atoms with Gasteiger partial charge in [0.05, 0.1) is 24.7 Å². The summed E-state index contributed by atoms with van der Waals surface area (Å²) in [6, 6.07) is 0.0155. The van der Waals surface area contributed by atoms with Crippen LogP contribution in [0.15, 0.2) is 12.5 Å². The Morgan fingerprint density at radius 1 is 1.47 bits per heavy atom. The zero-order chi connectivity index (χ0) is 12.3. The number of imidazole rings is 1. The molecule has 1 aliphatic heterocycles. The van der Waals surface area contributed by atoms with Crippen LogP contribution in [0.25, 0.3) is 0 Å². The Balaban J connectivity index is 2.02. The van der Waals surface area contributed by atoms with Crippen molar-refractivity contribution < 1.29 is 5.11 Å². The third-order valence-electron chi connectivity index (χ3n) is 3.47. The summed E-state index contributed by atoms with van der Waals surface area (Å²) in [7, 11) is 0. The average molecular weight is 238 g/mol. The number of likely N-dealkylation sites (tertiary alicyclic amines) is 1. The van der Waals surface area contributed by atoms with Gasteiger partial charge in [0.25, 0.3) is 0 Å². The van der Waals surface area contributed by atoms with Crippen molar-refractivity contribution in [2.75, 3.05) is 26.2 Å². The Kier molecular flexibility index (Phi) is 4.15. The Morgan fingerprint density at radius 2 is 2.18 bits per heavy atom. The van der Waals surface area contributed by atoms with Gasteiger partial charge in [-0.3, -0.25) is 0 Å². The molecule has 0 aromatic carbocycles. The minimum atomic E-state index is -0.335. The lowest BCUT2D eigenvalue weighted by Crippen LogP contribution is -2.29. The fourth-order valence-corrected chi connectivity index (χ4v) is 2.49. The van der Waals surface area contributed by atoms with E-state index in [-0.39, 0.29) is 12.6 Å². The van der Waals surface area contributed by atoms with Gasteiger partial charge in [0.1, 0.15) is 0 Å². The SMILES string of the molecule is CC(CN1CCCC1)n1cncc1C(N)CO. The molecular formula is C12H22N4O. The van der Waals surface area contributed by atoms with Gasteiger partial charge in [0.2, 0.25) is 0 Å². The van der Waals surface area contributed by atoms with E-state index >= 15 is 0 Å². The van der Waals surface area contributed by atoms with E-state index in [1.54, 1.807) is 6.20 Å². The van der Waals surface area contributed by atoms with Gasteiger partial charge in [-0.15, -0.1) is 0 Å². The van der Waals surface area contributed by atoms with Crippen LogP contribution in [0.5, 0.6) is 0 Å². The van der Waals surface area contributed by atoms with E-state index < -0.39 is 0 Å². The quantitative estimate of drug-likeness (QED) is 0.785. The molecule has 1 saturated heterocycles. The number of aliphatic hydroxyl groups is 1. The predicted octanol–water partition coefficient (Wildman–Crippen LogP) is 0.532. The van der Waals surface area contributed by atoms with Crippen LogP contribution in [0.2, 0.25) is 0 Å². The highest BCUT2D eigenvalue weighted by Gasteiger charge is 2.19. The maximum Gasteiger partial charge on any atom is 0.0951 e. The molecule has 2 heterocycles. The molecule has 0 bridgehead atoms. The first kappa shape index (κ1) is 12.5. The number of aliphatic hydroxyl groups excluding tert-OH is 1. The van der Waals surface area contributed by atoms with E-state index in [0.29, 0.717) is 6.04 Å². The summed E-state index contributed by atoms with van der Waals surface area (Å²) in [6.45, 7) is 5.55. The van der Waals surface area contributed by atoms with Crippen molar-refractivity contribution in [1.82, 2.24) is 14.5 Å². The summed E-state index contributed by atoms with van der Waals surface area (Å²) in [5.41, 5.74) is 6.78. The molecule has 0 radical (unpaired) electrons. The van der Waals surface area contributed by atoms with Crippen molar-refractivity contribution in [3.63, 3.8) is 0 Å². The number of nitrogens with two attached hydrogens (primary N) is 1. The molecule has 1 aliphatic rings. The minimum absolute atomic E-state index is 0.0396. The highest BCUT2D eigenvalue weighted by molar-refractivity contribution is 5.06. The van der Waals surface area contributed by atoms with Crippen LogP contribution in [-0.2, 0) is 0 Å². The van der Waals surface area contributed by atoms with Gasteiger partial charge in [0, 0.05) is 18.8 Å². The lowest BCUT2D eigenvalue weighted by atomic mass is 10.2. The molecule has 5 nitrogen and oxygen atoms in total. The number of aromatic nitrogens is 2. The van der Waals surface area contributed by atoms with Gasteiger partial charge in [-0.05, 0) is 32.9 Å². The topological polar surface area (TPSA) is 67.3 Å². The van der Waals surface area contributed by atoms with Gasteiger partial charge in [0.15, 0.2) is 0 Å². The first-order valence-electron chi connectivity index (χ1n) is 6.33. The van der Waals surface area contributed by atoms with Crippen LogP contribution < -0.4 is 5.73 Å². The number of nitrogens with zero attached hydrogens (tertiary/aromatic N) is 3. The highest BCUT2D eigenvalue weighted by atomic mass is 16.3. The van der Waals surface area contributed by atoms with Crippen molar-refractivity contribution in [3.8, 4) is 0 Å². The number of rotatable bonds is 5. The second-order valence-corrected chi connectivity index (χ2v) is 4.87. The Bertz CT molecular complexity index is 346. The highest BCUT2D eigenvalue weighted by Crippen LogP contribution is 2.18. The molecule has 1 fully saturated rings. The number of hydrogen-bond acceptors (Lipinski definition) is 4. The van der Waals surface area contributed by atoms with E-state index in [4.69, 9.17) is 10.8 Å². The molecule has 96 valence electrons. The molecule has 1 aromatic rings. The van der Waals surface area contributed by atoms with Gasteiger partial charge in [-0.25, -0.2) is 4.98 Å². The molecule has 17 heavy (non-hydrogen) atoms. The largest absolute Gasteiger partial charge is 0.394 e. The van der Waals surface area contributed by atoms with Crippen LogP contribution >= 0.6 is 0 Å². The average Bonchev–Trinajstić information content (AvgIpc) is 2.97. The second kappa shape index (κ2) is 5.62.